The van der Waals surface area contributed by atoms with Gasteiger partial charge in [0.05, 0.1) is 24.9 Å². The Morgan fingerprint density at radius 3 is 1.68 bits per heavy atom. The number of carbonyl (C=O) groups is 2. The largest absolute Gasteiger partial charge is 0.465 e. The Balaban J connectivity index is 1.26. The lowest BCUT2D eigenvalue weighted by molar-refractivity contribution is -0.164. The summed E-state index contributed by atoms with van der Waals surface area (Å²) in [4.78, 5) is 31.6. The van der Waals surface area contributed by atoms with E-state index in [-0.39, 0.29) is 25.2 Å². The van der Waals surface area contributed by atoms with E-state index in [1.165, 1.54) is 0 Å². The van der Waals surface area contributed by atoms with Gasteiger partial charge < -0.3 is 18.9 Å². The van der Waals surface area contributed by atoms with Crippen molar-refractivity contribution in [2.75, 3.05) is 65.7 Å². The summed E-state index contributed by atoms with van der Waals surface area (Å²) in [5.41, 5.74) is -0.586. The monoisotopic (exact) mass is 481 g/mol. The van der Waals surface area contributed by atoms with Crippen LogP contribution in [-0.2, 0) is 28.5 Å². The maximum absolute atomic E-state index is 12.4. The summed E-state index contributed by atoms with van der Waals surface area (Å²) in [5, 5.41) is 0. The SMILES string of the molecule is CCC(COC(=O)CCN1CC1C)(COC(=O)CCN1CC1C)COC1(CCN2CC2C)CO1. The van der Waals surface area contributed by atoms with Crippen LogP contribution in [0.4, 0.5) is 0 Å². The molecule has 4 fully saturated rings. The van der Waals surface area contributed by atoms with Gasteiger partial charge in [0.25, 0.3) is 0 Å². The predicted molar refractivity (Wildman–Crippen MR) is 126 cm³/mol. The molecule has 4 rings (SSSR count). The molecule has 4 aliphatic heterocycles. The second kappa shape index (κ2) is 10.8. The zero-order valence-electron chi connectivity index (χ0n) is 21.4. The first kappa shape index (κ1) is 25.8. The van der Waals surface area contributed by atoms with Gasteiger partial charge in [-0.15, -0.1) is 0 Å². The lowest BCUT2D eigenvalue weighted by Gasteiger charge is -2.32. The number of epoxide rings is 1. The van der Waals surface area contributed by atoms with Crippen LogP contribution in [0.1, 0.15) is 53.4 Å². The summed E-state index contributed by atoms with van der Waals surface area (Å²) in [5.74, 6) is -0.986. The van der Waals surface area contributed by atoms with Crippen LogP contribution in [0.15, 0.2) is 0 Å². The normalized spacial score (nSPS) is 36.9. The van der Waals surface area contributed by atoms with Crippen molar-refractivity contribution in [3.8, 4) is 0 Å². The van der Waals surface area contributed by atoms with Crippen LogP contribution < -0.4 is 0 Å². The quantitative estimate of drug-likeness (QED) is 0.227. The van der Waals surface area contributed by atoms with Crippen LogP contribution >= 0.6 is 0 Å². The van der Waals surface area contributed by atoms with E-state index in [4.69, 9.17) is 18.9 Å². The molecule has 0 spiro atoms. The van der Waals surface area contributed by atoms with Gasteiger partial charge in [-0.25, -0.2) is 0 Å². The average molecular weight is 482 g/mol. The molecule has 7 unspecified atom stereocenters. The van der Waals surface area contributed by atoms with Crippen molar-refractivity contribution in [2.24, 2.45) is 5.41 Å². The fourth-order valence-corrected chi connectivity index (χ4v) is 4.30. The molecule has 0 bridgehead atoms. The summed E-state index contributed by atoms with van der Waals surface area (Å²) in [6.45, 7) is 15.4. The van der Waals surface area contributed by atoms with Gasteiger partial charge in [-0.1, -0.05) is 6.92 Å². The number of nitrogens with zero attached hydrogens (tertiary/aromatic N) is 3. The number of ether oxygens (including phenoxy) is 4. The molecule has 7 atom stereocenters. The molecule has 194 valence electrons. The van der Waals surface area contributed by atoms with Crippen LogP contribution in [0.5, 0.6) is 0 Å². The maximum Gasteiger partial charge on any atom is 0.307 e. The zero-order valence-corrected chi connectivity index (χ0v) is 21.4. The van der Waals surface area contributed by atoms with E-state index in [2.05, 4.69) is 35.5 Å². The van der Waals surface area contributed by atoms with Crippen LogP contribution in [0.3, 0.4) is 0 Å². The Kier molecular flexibility index (Phi) is 8.19. The van der Waals surface area contributed by atoms with E-state index in [0.717, 1.165) is 45.7 Å². The summed E-state index contributed by atoms with van der Waals surface area (Å²) in [6, 6.07) is 1.78. The molecule has 0 N–H and O–H groups in total. The van der Waals surface area contributed by atoms with E-state index < -0.39 is 11.2 Å². The number of hydrogen-bond donors (Lipinski definition) is 0. The van der Waals surface area contributed by atoms with Gasteiger partial charge in [-0.3, -0.25) is 24.3 Å². The van der Waals surface area contributed by atoms with Crippen molar-refractivity contribution in [3.05, 3.63) is 0 Å². The Morgan fingerprint density at radius 2 is 1.29 bits per heavy atom. The molecule has 9 nitrogen and oxygen atoms in total. The van der Waals surface area contributed by atoms with Gasteiger partial charge in [0.15, 0.2) is 5.79 Å². The van der Waals surface area contributed by atoms with Crippen molar-refractivity contribution in [2.45, 2.75) is 77.3 Å². The Hall–Kier alpha value is -1.26. The molecule has 0 aromatic heterocycles. The Bertz CT molecular complexity index is 693. The molecule has 4 aliphatic rings. The van der Waals surface area contributed by atoms with Gasteiger partial charge in [0, 0.05) is 63.8 Å². The third-order valence-electron chi connectivity index (χ3n) is 7.89. The molecule has 0 radical (unpaired) electrons. The highest BCUT2D eigenvalue weighted by atomic mass is 16.8. The topological polar surface area (TPSA) is 83.4 Å². The maximum atomic E-state index is 12.4. The first-order chi connectivity index (χ1) is 16.2. The minimum absolute atomic E-state index is 0.174. The fourth-order valence-electron chi connectivity index (χ4n) is 4.30. The van der Waals surface area contributed by atoms with Crippen molar-refractivity contribution in [1.82, 2.24) is 14.7 Å². The average Bonchev–Trinajstić information content (AvgIpc) is 3.64. The second-order valence-corrected chi connectivity index (χ2v) is 10.9. The van der Waals surface area contributed by atoms with Gasteiger partial charge in [0.1, 0.15) is 19.8 Å². The molecule has 0 saturated carbocycles. The van der Waals surface area contributed by atoms with Gasteiger partial charge in [-0.05, 0) is 27.2 Å². The lowest BCUT2D eigenvalue weighted by atomic mass is 9.87. The molecule has 9 heteroatoms. The first-order valence-electron chi connectivity index (χ1n) is 13.0. The molecule has 4 saturated heterocycles. The van der Waals surface area contributed by atoms with Crippen LogP contribution in [-0.4, -0.2) is 116 Å². The molecule has 0 amide bonds. The zero-order chi connectivity index (χ0) is 24.3. The minimum atomic E-state index is -0.586. The predicted octanol–water partition coefficient (Wildman–Crippen LogP) is 1.49. The lowest BCUT2D eigenvalue weighted by Crippen LogP contribution is -2.40. The second-order valence-electron chi connectivity index (χ2n) is 10.9. The van der Waals surface area contributed by atoms with Crippen LogP contribution in [0, 0.1) is 5.41 Å². The smallest absolute Gasteiger partial charge is 0.307 e. The third-order valence-corrected chi connectivity index (χ3v) is 7.89. The Morgan fingerprint density at radius 1 is 0.853 bits per heavy atom. The molecule has 4 heterocycles. The molecule has 0 aromatic carbocycles. The van der Waals surface area contributed by atoms with Crippen molar-refractivity contribution in [1.29, 1.82) is 0 Å². The third kappa shape index (κ3) is 7.62. The summed E-state index contributed by atoms with van der Waals surface area (Å²) >= 11 is 0. The molecule has 0 aliphatic carbocycles. The van der Waals surface area contributed by atoms with Crippen molar-refractivity contribution < 1.29 is 28.5 Å². The molecular formula is C25H43N3O6. The highest BCUT2D eigenvalue weighted by Crippen LogP contribution is 2.37. The Labute approximate surface area is 204 Å². The highest BCUT2D eigenvalue weighted by molar-refractivity contribution is 5.70. The van der Waals surface area contributed by atoms with E-state index in [9.17, 15) is 9.59 Å². The number of hydrogen-bond acceptors (Lipinski definition) is 9. The fraction of sp³-hybridized carbons (Fsp3) is 0.920. The van der Waals surface area contributed by atoms with Crippen LogP contribution in [0.2, 0.25) is 0 Å². The van der Waals surface area contributed by atoms with E-state index >= 15 is 0 Å². The number of carbonyl (C=O) groups excluding carboxylic acids is 2. The summed E-state index contributed by atoms with van der Waals surface area (Å²) in [6.07, 6.45) is 2.23. The van der Waals surface area contributed by atoms with Gasteiger partial charge in [-0.2, -0.15) is 0 Å². The van der Waals surface area contributed by atoms with Gasteiger partial charge >= 0.3 is 11.9 Å². The summed E-state index contributed by atoms with van der Waals surface area (Å²) in [7, 11) is 0. The first-order valence-corrected chi connectivity index (χ1v) is 13.0. The van der Waals surface area contributed by atoms with E-state index in [1.807, 2.05) is 6.92 Å². The van der Waals surface area contributed by atoms with Crippen LogP contribution in [0.25, 0.3) is 0 Å². The van der Waals surface area contributed by atoms with Gasteiger partial charge in [0.2, 0.25) is 0 Å². The number of rotatable bonds is 17. The molecule has 0 aromatic rings. The van der Waals surface area contributed by atoms with Crippen molar-refractivity contribution >= 4 is 11.9 Å². The highest BCUT2D eigenvalue weighted by Gasteiger charge is 2.49. The van der Waals surface area contributed by atoms with E-state index in [0.29, 0.717) is 50.6 Å². The summed E-state index contributed by atoms with van der Waals surface area (Å²) < 4.78 is 23.3. The van der Waals surface area contributed by atoms with E-state index in [1.54, 1.807) is 0 Å². The standard InChI is InChI=1S/C25H43N3O6/c1-5-24(15-31-22(29)6-9-26-12-19(26)2,16-32-23(30)7-10-27-13-20(27)3)17-33-25(18-34-25)8-11-28-14-21(28)4/h19-21H,5-18H2,1-4H3. The minimum Gasteiger partial charge on any atom is -0.465 e. The molecular weight excluding hydrogens is 438 g/mol. The molecule has 34 heavy (non-hydrogen) atoms. The van der Waals surface area contributed by atoms with Crippen molar-refractivity contribution in [3.63, 3.8) is 0 Å². The number of esters is 2.